The highest BCUT2D eigenvalue weighted by atomic mass is 32.2. The fourth-order valence-electron chi connectivity index (χ4n) is 2.71. The van der Waals surface area contributed by atoms with E-state index in [9.17, 15) is 0 Å². The van der Waals surface area contributed by atoms with Gasteiger partial charge in [-0.15, -0.1) is 0 Å². The summed E-state index contributed by atoms with van der Waals surface area (Å²) in [5.41, 5.74) is 1.27. The van der Waals surface area contributed by atoms with Crippen LogP contribution in [0.4, 0.5) is 0 Å². The number of para-hydroxylation sites is 1. The standard InChI is InChI=1S/C16H26N2OS/c1-12(2)19-15-8-6-5-7-13(15)16(17-3)14-11-20-10-9-18(14)4/h5-8,12,14,16-17H,9-11H2,1-4H3. The van der Waals surface area contributed by atoms with Crippen molar-refractivity contribution < 1.29 is 4.74 Å². The number of nitrogens with one attached hydrogen (secondary N) is 1. The number of likely N-dealkylation sites (N-methyl/N-ethyl adjacent to an activating group) is 2. The lowest BCUT2D eigenvalue weighted by atomic mass is 9.98. The normalized spacial score (nSPS) is 21.9. The van der Waals surface area contributed by atoms with Gasteiger partial charge >= 0.3 is 0 Å². The highest BCUT2D eigenvalue weighted by Gasteiger charge is 2.29. The van der Waals surface area contributed by atoms with E-state index in [0.29, 0.717) is 12.1 Å². The molecule has 2 rings (SSSR count). The Labute approximate surface area is 127 Å². The van der Waals surface area contributed by atoms with Gasteiger partial charge in [-0.2, -0.15) is 11.8 Å². The summed E-state index contributed by atoms with van der Waals surface area (Å²) >= 11 is 2.04. The third-order valence-electron chi connectivity index (χ3n) is 3.76. The summed E-state index contributed by atoms with van der Waals surface area (Å²) < 4.78 is 5.99. The minimum Gasteiger partial charge on any atom is -0.491 e. The van der Waals surface area contributed by atoms with Gasteiger partial charge in [-0.3, -0.25) is 4.90 Å². The van der Waals surface area contributed by atoms with Crippen LogP contribution in [0, 0.1) is 0 Å². The first kappa shape index (κ1) is 15.7. The van der Waals surface area contributed by atoms with Gasteiger partial charge in [0.15, 0.2) is 0 Å². The monoisotopic (exact) mass is 294 g/mol. The van der Waals surface area contributed by atoms with Crippen LogP contribution in [0.5, 0.6) is 5.75 Å². The zero-order valence-electron chi connectivity index (χ0n) is 12.9. The fourth-order valence-corrected chi connectivity index (χ4v) is 3.98. The minimum absolute atomic E-state index is 0.201. The lowest BCUT2D eigenvalue weighted by molar-refractivity contribution is 0.207. The summed E-state index contributed by atoms with van der Waals surface area (Å²) in [6, 6.07) is 9.23. The van der Waals surface area contributed by atoms with Gasteiger partial charge in [-0.05, 0) is 34.0 Å². The van der Waals surface area contributed by atoms with E-state index in [0.717, 1.165) is 18.0 Å². The Morgan fingerprint density at radius 2 is 2.10 bits per heavy atom. The summed E-state index contributed by atoms with van der Waals surface area (Å²) in [5, 5.41) is 3.50. The maximum absolute atomic E-state index is 5.99. The second-order valence-electron chi connectivity index (χ2n) is 5.59. The van der Waals surface area contributed by atoms with Crippen LogP contribution in [0.25, 0.3) is 0 Å². The first-order chi connectivity index (χ1) is 9.63. The van der Waals surface area contributed by atoms with Gasteiger partial charge in [-0.1, -0.05) is 18.2 Å². The number of ether oxygens (including phenoxy) is 1. The van der Waals surface area contributed by atoms with Gasteiger partial charge in [0, 0.05) is 29.7 Å². The minimum atomic E-state index is 0.201. The van der Waals surface area contributed by atoms with Crippen LogP contribution in [0.15, 0.2) is 24.3 Å². The molecule has 1 aliphatic heterocycles. The molecule has 0 bridgehead atoms. The molecule has 1 aromatic rings. The summed E-state index contributed by atoms with van der Waals surface area (Å²) in [7, 11) is 4.27. The van der Waals surface area contributed by atoms with Crippen LogP contribution in [0.2, 0.25) is 0 Å². The second-order valence-corrected chi connectivity index (χ2v) is 6.74. The Kier molecular flexibility index (Phi) is 5.75. The molecule has 1 N–H and O–H groups in total. The van der Waals surface area contributed by atoms with Gasteiger partial charge in [0.1, 0.15) is 5.75 Å². The zero-order valence-corrected chi connectivity index (χ0v) is 13.7. The largest absolute Gasteiger partial charge is 0.491 e. The molecule has 1 aromatic carbocycles. The molecule has 112 valence electrons. The summed E-state index contributed by atoms with van der Waals surface area (Å²) in [5.74, 6) is 3.40. The molecule has 20 heavy (non-hydrogen) atoms. The van der Waals surface area contributed by atoms with Crippen LogP contribution in [-0.2, 0) is 0 Å². The summed E-state index contributed by atoms with van der Waals surface area (Å²) in [4.78, 5) is 2.46. The van der Waals surface area contributed by atoms with Gasteiger partial charge in [0.05, 0.1) is 12.1 Å². The maximum Gasteiger partial charge on any atom is 0.124 e. The van der Waals surface area contributed by atoms with Crippen molar-refractivity contribution in [3.63, 3.8) is 0 Å². The summed E-state index contributed by atoms with van der Waals surface area (Å²) in [6.07, 6.45) is 0.201. The molecule has 3 nitrogen and oxygen atoms in total. The number of benzene rings is 1. The molecule has 4 heteroatoms. The molecule has 0 aromatic heterocycles. The molecule has 0 amide bonds. The maximum atomic E-state index is 5.99. The number of nitrogens with zero attached hydrogens (tertiary/aromatic N) is 1. The summed E-state index contributed by atoms with van der Waals surface area (Å²) in [6.45, 7) is 5.31. The van der Waals surface area contributed by atoms with E-state index in [1.165, 1.54) is 11.3 Å². The molecule has 1 aliphatic rings. The molecule has 0 aliphatic carbocycles. The van der Waals surface area contributed by atoms with Crippen LogP contribution in [-0.4, -0.2) is 49.2 Å². The van der Waals surface area contributed by atoms with E-state index in [1.54, 1.807) is 0 Å². The van der Waals surface area contributed by atoms with Crippen LogP contribution < -0.4 is 10.1 Å². The van der Waals surface area contributed by atoms with Crippen molar-refractivity contribution in [2.24, 2.45) is 0 Å². The highest BCUT2D eigenvalue weighted by molar-refractivity contribution is 7.99. The predicted octanol–water partition coefficient (Wildman–Crippen LogP) is 2.78. The smallest absolute Gasteiger partial charge is 0.124 e. The van der Waals surface area contributed by atoms with Crippen molar-refractivity contribution in [3.05, 3.63) is 29.8 Å². The van der Waals surface area contributed by atoms with Crippen molar-refractivity contribution in [1.29, 1.82) is 0 Å². The van der Waals surface area contributed by atoms with Crippen LogP contribution in [0.3, 0.4) is 0 Å². The Hall–Kier alpha value is -0.710. The van der Waals surface area contributed by atoms with E-state index in [2.05, 4.69) is 49.3 Å². The van der Waals surface area contributed by atoms with Gasteiger partial charge < -0.3 is 10.1 Å². The average Bonchev–Trinajstić information content (AvgIpc) is 2.43. The van der Waals surface area contributed by atoms with Crippen molar-refractivity contribution in [2.75, 3.05) is 32.1 Å². The molecule has 1 saturated heterocycles. The first-order valence-corrected chi connectivity index (χ1v) is 8.49. The second kappa shape index (κ2) is 7.34. The Morgan fingerprint density at radius 3 is 2.75 bits per heavy atom. The Morgan fingerprint density at radius 1 is 1.35 bits per heavy atom. The molecule has 0 saturated carbocycles. The average molecular weight is 294 g/mol. The lowest BCUT2D eigenvalue weighted by Crippen LogP contribution is -2.47. The first-order valence-electron chi connectivity index (χ1n) is 7.34. The van der Waals surface area contributed by atoms with E-state index in [-0.39, 0.29) is 6.10 Å². The molecule has 0 radical (unpaired) electrons. The predicted molar refractivity (Wildman–Crippen MR) is 87.7 cm³/mol. The number of hydrogen-bond donors (Lipinski definition) is 1. The van der Waals surface area contributed by atoms with Crippen molar-refractivity contribution in [2.45, 2.75) is 32.0 Å². The molecule has 0 spiro atoms. The fraction of sp³-hybridized carbons (Fsp3) is 0.625. The number of hydrogen-bond acceptors (Lipinski definition) is 4. The van der Waals surface area contributed by atoms with E-state index in [1.807, 2.05) is 24.9 Å². The Balaban J connectivity index is 2.26. The molecule has 1 fully saturated rings. The van der Waals surface area contributed by atoms with Gasteiger partial charge in [0.25, 0.3) is 0 Å². The zero-order chi connectivity index (χ0) is 14.5. The molecule has 1 heterocycles. The molecule has 2 unspecified atom stereocenters. The molecular weight excluding hydrogens is 268 g/mol. The van der Waals surface area contributed by atoms with Gasteiger partial charge in [-0.25, -0.2) is 0 Å². The van der Waals surface area contributed by atoms with E-state index < -0.39 is 0 Å². The van der Waals surface area contributed by atoms with E-state index >= 15 is 0 Å². The van der Waals surface area contributed by atoms with Crippen molar-refractivity contribution in [3.8, 4) is 5.75 Å². The number of thioether (sulfide) groups is 1. The number of rotatable bonds is 5. The lowest BCUT2D eigenvalue weighted by Gasteiger charge is -2.38. The van der Waals surface area contributed by atoms with Gasteiger partial charge in [0.2, 0.25) is 0 Å². The SMILES string of the molecule is CNC(c1ccccc1OC(C)C)C1CSCCN1C. The molecule has 2 atom stereocenters. The molecular formula is C16H26N2OS. The van der Waals surface area contributed by atoms with Crippen molar-refractivity contribution >= 4 is 11.8 Å². The van der Waals surface area contributed by atoms with Crippen LogP contribution in [0.1, 0.15) is 25.5 Å². The Bertz CT molecular complexity index is 425. The van der Waals surface area contributed by atoms with E-state index in [4.69, 9.17) is 4.74 Å². The van der Waals surface area contributed by atoms with Crippen LogP contribution >= 0.6 is 11.8 Å². The third-order valence-corrected chi connectivity index (χ3v) is 4.80. The highest BCUT2D eigenvalue weighted by Crippen LogP contribution is 2.32. The van der Waals surface area contributed by atoms with Crippen molar-refractivity contribution in [1.82, 2.24) is 10.2 Å². The quantitative estimate of drug-likeness (QED) is 0.902. The topological polar surface area (TPSA) is 24.5 Å². The third kappa shape index (κ3) is 3.68.